The lowest BCUT2D eigenvalue weighted by atomic mass is 9.94. The predicted molar refractivity (Wildman–Crippen MR) is 39.9 cm³/mol. The van der Waals surface area contributed by atoms with E-state index in [4.69, 9.17) is 0 Å². The second-order valence-electron chi connectivity index (χ2n) is 3.08. The van der Waals surface area contributed by atoms with E-state index in [0.29, 0.717) is 0 Å². The largest absolute Gasteiger partial charge is 0.313 e. The van der Waals surface area contributed by atoms with E-state index in [-0.39, 0.29) is 6.42 Å². The van der Waals surface area contributed by atoms with Gasteiger partial charge in [-0.2, -0.15) is 17.6 Å². The van der Waals surface area contributed by atoms with Crippen LogP contribution in [0, 0.1) is 5.92 Å². The second kappa shape index (κ2) is 4.24. The van der Waals surface area contributed by atoms with Gasteiger partial charge in [-0.25, -0.2) is 0 Å². The summed E-state index contributed by atoms with van der Waals surface area (Å²) in [5.41, 5.74) is 0. The van der Waals surface area contributed by atoms with Gasteiger partial charge in [-0.15, -0.1) is 0 Å². The zero-order chi connectivity index (χ0) is 10.7. The zero-order valence-electron chi connectivity index (χ0n) is 7.59. The van der Waals surface area contributed by atoms with Crippen LogP contribution in [-0.2, 0) is 0 Å². The molecule has 5 heteroatoms. The predicted octanol–water partition coefficient (Wildman–Crippen LogP) is 3.66. The Bertz CT molecular complexity index is 155. The van der Waals surface area contributed by atoms with E-state index < -0.39 is 30.9 Å². The van der Waals surface area contributed by atoms with Gasteiger partial charge in [0.05, 0.1) is 6.67 Å². The lowest BCUT2D eigenvalue weighted by molar-refractivity contribution is -0.237. The van der Waals surface area contributed by atoms with Crippen LogP contribution in [0.2, 0.25) is 0 Å². The van der Waals surface area contributed by atoms with Crippen molar-refractivity contribution in [3.63, 3.8) is 0 Å². The molecule has 0 aliphatic heterocycles. The molecule has 0 amide bonds. The molecule has 0 aromatic carbocycles. The van der Waals surface area contributed by atoms with E-state index in [0.717, 1.165) is 6.92 Å². The summed E-state index contributed by atoms with van der Waals surface area (Å²) in [5, 5.41) is 0. The molecule has 0 N–H and O–H groups in total. The van der Waals surface area contributed by atoms with Crippen molar-refractivity contribution in [3.05, 3.63) is 0 Å². The van der Waals surface area contributed by atoms with Crippen LogP contribution in [0.3, 0.4) is 0 Å². The molecule has 0 aliphatic rings. The van der Waals surface area contributed by atoms with Crippen LogP contribution < -0.4 is 0 Å². The topological polar surface area (TPSA) is 0 Å². The summed E-state index contributed by atoms with van der Waals surface area (Å²) in [6.07, 6.45) is -1.47. The number of halogens is 5. The highest BCUT2D eigenvalue weighted by Gasteiger charge is 2.58. The lowest BCUT2D eigenvalue weighted by Crippen LogP contribution is -2.45. The van der Waals surface area contributed by atoms with E-state index >= 15 is 0 Å². The minimum absolute atomic E-state index is 0.0606. The smallest absolute Gasteiger partial charge is 0.251 e. The van der Waals surface area contributed by atoms with Gasteiger partial charge in [0.15, 0.2) is 0 Å². The summed E-state index contributed by atoms with van der Waals surface area (Å²) in [5.74, 6) is -9.79. The molecule has 1 unspecified atom stereocenters. The number of rotatable bonds is 5. The molecule has 0 spiro atoms. The molecule has 0 aromatic rings. The molecule has 13 heavy (non-hydrogen) atoms. The van der Waals surface area contributed by atoms with Crippen LogP contribution in [0.15, 0.2) is 0 Å². The fourth-order valence-corrected chi connectivity index (χ4v) is 0.902. The van der Waals surface area contributed by atoms with Crippen LogP contribution in [-0.4, -0.2) is 18.5 Å². The molecular weight excluding hydrogens is 191 g/mol. The fraction of sp³-hybridized carbons (Fsp3) is 1.00. The lowest BCUT2D eigenvalue weighted by Gasteiger charge is -2.30. The maximum absolute atomic E-state index is 12.9. The van der Waals surface area contributed by atoms with Crippen molar-refractivity contribution in [1.82, 2.24) is 0 Å². The molecule has 0 bridgehead atoms. The van der Waals surface area contributed by atoms with Gasteiger partial charge in [-0.1, -0.05) is 13.8 Å². The number of hydrogen-bond donors (Lipinski definition) is 0. The SMILES string of the molecule is CCC(C)C(F)(F)C(F)(F)CCF. The molecule has 0 rings (SSSR count). The normalized spacial score (nSPS) is 15.9. The molecule has 0 radical (unpaired) electrons. The molecule has 0 fully saturated rings. The summed E-state index contributed by atoms with van der Waals surface area (Å²) in [4.78, 5) is 0. The average molecular weight is 204 g/mol. The van der Waals surface area contributed by atoms with Gasteiger partial charge in [0, 0.05) is 12.3 Å². The van der Waals surface area contributed by atoms with Crippen molar-refractivity contribution in [3.8, 4) is 0 Å². The third-order valence-electron chi connectivity index (χ3n) is 2.13. The van der Waals surface area contributed by atoms with Crippen molar-refractivity contribution in [2.75, 3.05) is 6.67 Å². The first-order valence-electron chi connectivity index (χ1n) is 4.11. The van der Waals surface area contributed by atoms with Gasteiger partial charge in [0.25, 0.3) is 0 Å². The molecule has 80 valence electrons. The summed E-state index contributed by atoms with van der Waals surface area (Å²) < 4.78 is 62.6. The summed E-state index contributed by atoms with van der Waals surface area (Å²) in [6.45, 7) is 0.995. The third kappa shape index (κ3) is 2.54. The Morgan fingerprint density at radius 1 is 1.15 bits per heavy atom. The minimum Gasteiger partial charge on any atom is -0.251 e. The Kier molecular flexibility index (Phi) is 4.13. The van der Waals surface area contributed by atoms with Gasteiger partial charge in [0.2, 0.25) is 0 Å². The van der Waals surface area contributed by atoms with Crippen LogP contribution in [0.5, 0.6) is 0 Å². The van der Waals surface area contributed by atoms with Gasteiger partial charge < -0.3 is 0 Å². The molecule has 0 nitrogen and oxygen atoms in total. The summed E-state index contributed by atoms with van der Waals surface area (Å²) >= 11 is 0. The van der Waals surface area contributed by atoms with Gasteiger partial charge in [0.1, 0.15) is 0 Å². The van der Waals surface area contributed by atoms with Gasteiger partial charge in [-0.05, 0) is 6.42 Å². The molecule has 0 heterocycles. The van der Waals surface area contributed by atoms with Crippen LogP contribution in [0.25, 0.3) is 0 Å². The standard InChI is InChI=1S/C8H13F5/c1-3-6(2)8(12,13)7(10,11)4-5-9/h6H,3-5H2,1-2H3. The highest BCUT2D eigenvalue weighted by molar-refractivity contribution is 4.88. The Morgan fingerprint density at radius 2 is 1.62 bits per heavy atom. The zero-order valence-corrected chi connectivity index (χ0v) is 7.59. The number of hydrogen-bond acceptors (Lipinski definition) is 0. The third-order valence-corrected chi connectivity index (χ3v) is 2.13. The highest BCUT2D eigenvalue weighted by Crippen LogP contribution is 2.43. The fourth-order valence-electron chi connectivity index (χ4n) is 0.902. The van der Waals surface area contributed by atoms with E-state index in [1.165, 1.54) is 6.92 Å². The van der Waals surface area contributed by atoms with Crippen molar-refractivity contribution >= 4 is 0 Å². The Balaban J connectivity index is 4.58. The first kappa shape index (κ1) is 12.7. The minimum atomic E-state index is -4.24. The van der Waals surface area contributed by atoms with E-state index in [2.05, 4.69) is 0 Å². The molecule has 0 aliphatic carbocycles. The van der Waals surface area contributed by atoms with Crippen molar-refractivity contribution in [2.45, 2.75) is 38.5 Å². The van der Waals surface area contributed by atoms with E-state index in [9.17, 15) is 22.0 Å². The molecule has 1 atom stereocenters. The van der Waals surface area contributed by atoms with Gasteiger partial charge in [-0.3, -0.25) is 4.39 Å². The quantitative estimate of drug-likeness (QED) is 0.599. The Hall–Kier alpha value is -0.350. The van der Waals surface area contributed by atoms with Gasteiger partial charge >= 0.3 is 11.8 Å². The summed E-state index contributed by atoms with van der Waals surface area (Å²) in [6, 6.07) is 0. The van der Waals surface area contributed by atoms with Crippen LogP contribution in [0.1, 0.15) is 26.7 Å². The Morgan fingerprint density at radius 3 is 1.92 bits per heavy atom. The maximum atomic E-state index is 12.9. The van der Waals surface area contributed by atoms with Crippen LogP contribution in [0.4, 0.5) is 22.0 Å². The van der Waals surface area contributed by atoms with E-state index in [1.54, 1.807) is 0 Å². The maximum Gasteiger partial charge on any atom is 0.313 e. The summed E-state index contributed by atoms with van der Waals surface area (Å²) in [7, 11) is 0. The molecule has 0 saturated heterocycles. The molecule has 0 aromatic heterocycles. The molecule has 0 saturated carbocycles. The van der Waals surface area contributed by atoms with Crippen molar-refractivity contribution in [1.29, 1.82) is 0 Å². The first-order valence-corrected chi connectivity index (χ1v) is 4.11. The molecular formula is C8H13F5. The number of alkyl halides is 5. The second-order valence-corrected chi connectivity index (χ2v) is 3.08. The van der Waals surface area contributed by atoms with E-state index in [1.807, 2.05) is 0 Å². The monoisotopic (exact) mass is 204 g/mol. The Labute approximate surface area is 74.1 Å². The highest BCUT2D eigenvalue weighted by atomic mass is 19.3. The van der Waals surface area contributed by atoms with Crippen LogP contribution >= 0.6 is 0 Å². The average Bonchev–Trinajstić information content (AvgIpc) is 2.02. The van der Waals surface area contributed by atoms with Crippen molar-refractivity contribution < 1.29 is 22.0 Å². The first-order chi connectivity index (χ1) is 5.79. The van der Waals surface area contributed by atoms with Crippen molar-refractivity contribution in [2.24, 2.45) is 5.92 Å².